The van der Waals surface area contributed by atoms with E-state index in [-0.39, 0.29) is 11.3 Å². The van der Waals surface area contributed by atoms with Gasteiger partial charge in [0.05, 0.1) is 6.10 Å². The summed E-state index contributed by atoms with van der Waals surface area (Å²) in [7, 11) is 0. The summed E-state index contributed by atoms with van der Waals surface area (Å²) >= 11 is 0. The maximum absolute atomic E-state index is 12.1. The summed E-state index contributed by atoms with van der Waals surface area (Å²) < 4.78 is 0. The van der Waals surface area contributed by atoms with Crippen LogP contribution in [-0.4, -0.2) is 35.1 Å². The number of carbonyl (C=O) groups excluding carboxylic acids is 1. The minimum atomic E-state index is -0.447. The van der Waals surface area contributed by atoms with E-state index >= 15 is 0 Å². The zero-order valence-corrected chi connectivity index (χ0v) is 12.6. The number of hydrogen-bond acceptors (Lipinski definition) is 2. The molecule has 3 nitrogen and oxygen atoms in total. The fraction of sp³-hybridized carbons (Fsp3) is 0.933. The van der Waals surface area contributed by atoms with Crippen molar-refractivity contribution in [3.05, 3.63) is 0 Å². The number of rotatable bonds is 3. The molecule has 1 N–H and O–H groups in total. The summed E-state index contributed by atoms with van der Waals surface area (Å²) in [6, 6.07) is 0. The molecular formula is C15H29NO2. The Morgan fingerprint density at radius 2 is 1.94 bits per heavy atom. The molecule has 2 unspecified atom stereocenters. The highest BCUT2D eigenvalue weighted by atomic mass is 16.3. The van der Waals surface area contributed by atoms with E-state index in [2.05, 4.69) is 13.8 Å². The molecule has 0 aromatic heterocycles. The van der Waals surface area contributed by atoms with Gasteiger partial charge in [-0.1, -0.05) is 34.6 Å². The number of β-amino-alcohol motifs (C(OH)–C–C–N with tert-alkyl or cyclic N) is 1. The van der Waals surface area contributed by atoms with Gasteiger partial charge in [-0.3, -0.25) is 4.79 Å². The van der Waals surface area contributed by atoms with E-state index in [4.69, 9.17) is 0 Å². The number of likely N-dealkylation sites (tertiary alicyclic amines) is 1. The topological polar surface area (TPSA) is 40.5 Å². The van der Waals surface area contributed by atoms with Gasteiger partial charge in [-0.2, -0.15) is 0 Å². The molecule has 0 aromatic rings. The second-order valence-electron chi connectivity index (χ2n) is 7.05. The average molecular weight is 255 g/mol. The predicted octanol–water partition coefficient (Wildman–Crippen LogP) is 2.68. The lowest BCUT2D eigenvalue weighted by Crippen LogP contribution is -2.42. The van der Waals surface area contributed by atoms with E-state index in [1.54, 1.807) is 0 Å². The molecule has 0 saturated carbocycles. The van der Waals surface area contributed by atoms with E-state index in [0.717, 1.165) is 19.4 Å². The third-order valence-electron chi connectivity index (χ3n) is 4.19. The van der Waals surface area contributed by atoms with E-state index in [1.807, 2.05) is 25.7 Å². The van der Waals surface area contributed by atoms with Crippen molar-refractivity contribution in [1.82, 2.24) is 4.90 Å². The third-order valence-corrected chi connectivity index (χ3v) is 4.19. The number of amides is 1. The number of aliphatic hydroxyl groups excluding tert-OH is 1. The van der Waals surface area contributed by atoms with Gasteiger partial charge in [0.25, 0.3) is 0 Å². The van der Waals surface area contributed by atoms with Gasteiger partial charge >= 0.3 is 0 Å². The minimum absolute atomic E-state index is 0.163. The van der Waals surface area contributed by atoms with E-state index in [9.17, 15) is 9.90 Å². The molecule has 3 heteroatoms. The van der Waals surface area contributed by atoms with Crippen LogP contribution in [0.3, 0.4) is 0 Å². The van der Waals surface area contributed by atoms with Crippen molar-refractivity contribution in [2.75, 3.05) is 13.1 Å². The van der Waals surface area contributed by atoms with Gasteiger partial charge in [0.15, 0.2) is 0 Å². The Labute approximate surface area is 112 Å². The van der Waals surface area contributed by atoms with Crippen LogP contribution in [0.4, 0.5) is 0 Å². The van der Waals surface area contributed by atoms with Gasteiger partial charge in [-0.05, 0) is 30.1 Å². The molecule has 0 bridgehead atoms. The number of hydrogen-bond donors (Lipinski definition) is 1. The summed E-state index contributed by atoms with van der Waals surface area (Å²) in [6.07, 6.45) is 2.26. The quantitative estimate of drug-likeness (QED) is 0.842. The molecule has 0 spiro atoms. The molecule has 1 amide bonds. The lowest BCUT2D eigenvalue weighted by molar-refractivity contribution is -0.133. The molecule has 1 heterocycles. The first-order valence-electron chi connectivity index (χ1n) is 7.17. The lowest BCUT2D eigenvalue weighted by Gasteiger charge is -2.31. The van der Waals surface area contributed by atoms with Gasteiger partial charge in [-0.25, -0.2) is 0 Å². The molecule has 1 rings (SSSR count). The number of aliphatic hydroxyl groups is 1. The Kier molecular flexibility index (Phi) is 5.20. The second-order valence-corrected chi connectivity index (χ2v) is 7.05. The van der Waals surface area contributed by atoms with Crippen LogP contribution in [0.25, 0.3) is 0 Å². The highest BCUT2D eigenvalue weighted by Gasteiger charge is 2.29. The summed E-state index contributed by atoms with van der Waals surface area (Å²) in [5.41, 5.74) is -0.163. The largest absolute Gasteiger partial charge is 0.391 e. The SMILES string of the molecule is CC(C)C1CCC(=O)N(CC(O)C(C)(C)C)CC1. The Hall–Kier alpha value is -0.570. The predicted molar refractivity (Wildman–Crippen MR) is 74.2 cm³/mol. The van der Waals surface area contributed by atoms with Gasteiger partial charge in [0.2, 0.25) is 5.91 Å². The molecule has 18 heavy (non-hydrogen) atoms. The summed E-state index contributed by atoms with van der Waals surface area (Å²) in [5, 5.41) is 10.1. The second kappa shape index (κ2) is 6.05. The van der Waals surface area contributed by atoms with Crippen molar-refractivity contribution in [1.29, 1.82) is 0 Å². The van der Waals surface area contributed by atoms with Crippen LogP contribution in [0.2, 0.25) is 0 Å². The summed E-state index contributed by atoms with van der Waals surface area (Å²) in [4.78, 5) is 13.9. The van der Waals surface area contributed by atoms with Crippen LogP contribution >= 0.6 is 0 Å². The highest BCUT2D eigenvalue weighted by Crippen LogP contribution is 2.26. The smallest absolute Gasteiger partial charge is 0.222 e. The standard InChI is InChI=1S/C15H29NO2/c1-11(2)12-6-7-14(18)16(9-8-12)10-13(17)15(3,4)5/h11-13,17H,6-10H2,1-5H3. The molecule has 1 aliphatic rings. The molecule has 1 saturated heterocycles. The Morgan fingerprint density at radius 1 is 1.33 bits per heavy atom. The van der Waals surface area contributed by atoms with Crippen LogP contribution in [-0.2, 0) is 4.79 Å². The number of nitrogens with zero attached hydrogens (tertiary/aromatic N) is 1. The summed E-state index contributed by atoms with van der Waals surface area (Å²) in [6.45, 7) is 11.8. The van der Waals surface area contributed by atoms with Crippen LogP contribution in [0.1, 0.15) is 53.9 Å². The minimum Gasteiger partial charge on any atom is -0.391 e. The zero-order chi connectivity index (χ0) is 13.9. The van der Waals surface area contributed by atoms with Crippen molar-refractivity contribution in [3.8, 4) is 0 Å². The van der Waals surface area contributed by atoms with Crippen LogP contribution < -0.4 is 0 Å². The van der Waals surface area contributed by atoms with Crippen LogP contribution in [0.15, 0.2) is 0 Å². The molecule has 1 aliphatic heterocycles. The lowest BCUT2D eigenvalue weighted by atomic mass is 9.88. The van der Waals surface area contributed by atoms with Gasteiger partial charge in [0, 0.05) is 19.5 Å². The van der Waals surface area contributed by atoms with Crippen LogP contribution in [0, 0.1) is 17.3 Å². The molecule has 0 aliphatic carbocycles. The Balaban J connectivity index is 2.59. The molecular weight excluding hydrogens is 226 g/mol. The first-order valence-corrected chi connectivity index (χ1v) is 7.17. The van der Waals surface area contributed by atoms with Crippen molar-refractivity contribution in [2.45, 2.75) is 60.0 Å². The highest BCUT2D eigenvalue weighted by molar-refractivity contribution is 5.76. The van der Waals surface area contributed by atoms with Crippen molar-refractivity contribution in [2.24, 2.45) is 17.3 Å². The van der Waals surface area contributed by atoms with E-state index in [0.29, 0.717) is 24.8 Å². The van der Waals surface area contributed by atoms with Crippen molar-refractivity contribution in [3.63, 3.8) is 0 Å². The zero-order valence-electron chi connectivity index (χ0n) is 12.6. The maximum atomic E-state index is 12.1. The number of carbonyl (C=O) groups is 1. The normalized spacial score (nSPS) is 24.3. The molecule has 1 fully saturated rings. The molecule has 0 aromatic carbocycles. The van der Waals surface area contributed by atoms with Crippen LogP contribution in [0.5, 0.6) is 0 Å². The van der Waals surface area contributed by atoms with E-state index in [1.165, 1.54) is 0 Å². The maximum Gasteiger partial charge on any atom is 0.222 e. The average Bonchev–Trinajstić information content (AvgIpc) is 2.41. The van der Waals surface area contributed by atoms with E-state index < -0.39 is 6.10 Å². The fourth-order valence-electron chi connectivity index (χ4n) is 2.40. The van der Waals surface area contributed by atoms with Gasteiger partial charge in [-0.15, -0.1) is 0 Å². The first-order chi connectivity index (χ1) is 8.21. The monoisotopic (exact) mass is 255 g/mol. The Bertz CT molecular complexity index is 281. The fourth-order valence-corrected chi connectivity index (χ4v) is 2.40. The molecule has 106 valence electrons. The summed E-state index contributed by atoms with van der Waals surface area (Å²) in [5.74, 6) is 1.50. The first kappa shape index (κ1) is 15.5. The Morgan fingerprint density at radius 3 is 2.44 bits per heavy atom. The van der Waals surface area contributed by atoms with Gasteiger partial charge in [0.1, 0.15) is 0 Å². The molecule has 2 atom stereocenters. The van der Waals surface area contributed by atoms with Crippen molar-refractivity contribution < 1.29 is 9.90 Å². The van der Waals surface area contributed by atoms with Gasteiger partial charge < -0.3 is 10.0 Å². The van der Waals surface area contributed by atoms with Crippen molar-refractivity contribution >= 4 is 5.91 Å². The third kappa shape index (κ3) is 4.27. The molecule has 0 radical (unpaired) electrons.